The van der Waals surface area contributed by atoms with Crippen LogP contribution in [0, 0.1) is 0 Å². The average Bonchev–Trinajstić information content (AvgIpc) is 2.87. The van der Waals surface area contributed by atoms with Crippen molar-refractivity contribution in [1.82, 2.24) is 19.8 Å². The summed E-state index contributed by atoms with van der Waals surface area (Å²) in [6.07, 6.45) is 12.5. The van der Waals surface area contributed by atoms with E-state index < -0.39 is 5.69 Å². The average molecular weight is 483 g/mol. The summed E-state index contributed by atoms with van der Waals surface area (Å²) in [5, 5.41) is 6.60. The lowest BCUT2D eigenvalue weighted by Crippen LogP contribution is -2.44. The van der Waals surface area contributed by atoms with Gasteiger partial charge in [-0.1, -0.05) is 50.7 Å². The van der Waals surface area contributed by atoms with Gasteiger partial charge in [-0.05, 0) is 50.7 Å². The van der Waals surface area contributed by atoms with E-state index in [1.807, 2.05) is 0 Å². The maximum Gasteiger partial charge on any atom is 0.331 e. The van der Waals surface area contributed by atoms with Crippen LogP contribution in [0.1, 0.15) is 83.5 Å². The molecule has 1 heterocycles. The molecule has 2 amide bonds. The summed E-state index contributed by atoms with van der Waals surface area (Å²) in [5.74, 6) is -0.159. The van der Waals surface area contributed by atoms with Crippen LogP contribution in [0.4, 0.5) is 0 Å². The van der Waals surface area contributed by atoms with E-state index in [9.17, 15) is 19.2 Å². The summed E-state index contributed by atoms with van der Waals surface area (Å²) in [7, 11) is 0. The van der Waals surface area contributed by atoms with Crippen molar-refractivity contribution in [1.29, 1.82) is 0 Å². The van der Waals surface area contributed by atoms with Gasteiger partial charge in [0, 0.05) is 25.0 Å². The highest BCUT2D eigenvalue weighted by Crippen LogP contribution is 2.18. The van der Waals surface area contributed by atoms with Gasteiger partial charge in [0.2, 0.25) is 11.8 Å². The summed E-state index contributed by atoms with van der Waals surface area (Å²) in [4.78, 5) is 51.4. The minimum Gasteiger partial charge on any atom is -0.353 e. The number of hydrogen-bond donors (Lipinski definition) is 2. The van der Waals surface area contributed by atoms with Gasteiger partial charge in [-0.25, -0.2) is 4.79 Å². The van der Waals surface area contributed by atoms with E-state index >= 15 is 0 Å². The Hall–Kier alpha value is -2.90. The fourth-order valence-electron chi connectivity index (χ4n) is 5.49. The first kappa shape index (κ1) is 25.2. The number of benzene rings is 1. The molecule has 2 aliphatic carbocycles. The Labute approximate surface area is 206 Å². The van der Waals surface area contributed by atoms with Crippen LogP contribution in [-0.4, -0.2) is 33.0 Å². The van der Waals surface area contributed by atoms with E-state index in [1.165, 1.54) is 34.8 Å². The number of hydrogen-bond acceptors (Lipinski definition) is 4. The molecule has 2 N–H and O–H groups in total. The molecule has 0 bridgehead atoms. The SMILES string of the molecule is O=C(CCCCn1c(=O)c2ccccc2n(CC(=O)NC2CCCCC2)c1=O)NC1CCCCC1. The third-order valence-electron chi connectivity index (χ3n) is 7.41. The van der Waals surface area contributed by atoms with Crippen molar-refractivity contribution < 1.29 is 9.59 Å². The molecule has 35 heavy (non-hydrogen) atoms. The predicted octanol–water partition coefficient (Wildman–Crippen LogP) is 3.23. The molecule has 190 valence electrons. The summed E-state index contributed by atoms with van der Waals surface area (Å²) in [6, 6.07) is 7.38. The molecule has 0 unspecified atom stereocenters. The predicted molar refractivity (Wildman–Crippen MR) is 136 cm³/mol. The summed E-state index contributed by atoms with van der Waals surface area (Å²) in [5.41, 5.74) is -0.343. The fourth-order valence-corrected chi connectivity index (χ4v) is 5.49. The van der Waals surface area contributed by atoms with Gasteiger partial charge in [-0.2, -0.15) is 0 Å². The quantitative estimate of drug-likeness (QED) is 0.536. The van der Waals surface area contributed by atoms with Gasteiger partial charge < -0.3 is 10.6 Å². The largest absolute Gasteiger partial charge is 0.353 e. The first-order chi connectivity index (χ1) is 17.0. The Bertz CT molecular complexity index is 1140. The molecule has 1 aromatic heterocycles. The van der Waals surface area contributed by atoms with Gasteiger partial charge in [0.15, 0.2) is 0 Å². The van der Waals surface area contributed by atoms with Crippen LogP contribution < -0.4 is 21.9 Å². The number of aromatic nitrogens is 2. The molecular weight excluding hydrogens is 444 g/mol. The Morgan fingerprint density at radius 1 is 0.771 bits per heavy atom. The number of amides is 2. The third-order valence-corrected chi connectivity index (χ3v) is 7.41. The summed E-state index contributed by atoms with van der Waals surface area (Å²) < 4.78 is 2.62. The molecule has 0 atom stereocenters. The van der Waals surface area contributed by atoms with E-state index in [2.05, 4.69) is 10.6 Å². The molecule has 2 aromatic rings. The van der Waals surface area contributed by atoms with E-state index in [-0.39, 0.29) is 42.5 Å². The normalized spacial score (nSPS) is 17.4. The topological polar surface area (TPSA) is 102 Å². The number of carbonyl (C=O) groups excluding carboxylic acids is 2. The number of para-hydroxylation sites is 1. The van der Waals surface area contributed by atoms with Crippen LogP contribution in [-0.2, 0) is 22.7 Å². The Morgan fingerprint density at radius 3 is 2.03 bits per heavy atom. The standard InChI is InChI=1S/C27H38N4O4/c32-24(28-20-11-3-1-4-12-20)17-9-10-18-30-26(34)22-15-7-8-16-23(22)31(27(30)35)19-25(33)29-21-13-5-2-6-14-21/h7-8,15-16,20-21H,1-6,9-14,17-19H2,(H,28,32)(H,29,33). The lowest BCUT2D eigenvalue weighted by atomic mass is 9.95. The van der Waals surface area contributed by atoms with Crippen LogP contribution in [0.15, 0.2) is 33.9 Å². The Balaban J connectivity index is 1.41. The molecular formula is C27H38N4O4. The molecule has 0 spiro atoms. The third kappa shape index (κ3) is 6.61. The van der Waals surface area contributed by atoms with Crippen LogP contribution in [0.3, 0.4) is 0 Å². The molecule has 2 aliphatic rings. The van der Waals surface area contributed by atoms with E-state index in [0.29, 0.717) is 30.2 Å². The highest BCUT2D eigenvalue weighted by Gasteiger charge is 2.19. The number of carbonyl (C=O) groups is 2. The van der Waals surface area contributed by atoms with Crippen LogP contribution in [0.2, 0.25) is 0 Å². The van der Waals surface area contributed by atoms with Crippen molar-refractivity contribution in [3.63, 3.8) is 0 Å². The van der Waals surface area contributed by atoms with E-state index in [1.54, 1.807) is 24.3 Å². The molecule has 1 aromatic carbocycles. The minimum absolute atomic E-state index is 0.0413. The molecule has 0 radical (unpaired) electrons. The number of nitrogens with zero attached hydrogens (tertiary/aromatic N) is 2. The molecule has 2 saturated carbocycles. The second kappa shape index (κ2) is 12.2. The van der Waals surface area contributed by atoms with Crippen LogP contribution >= 0.6 is 0 Å². The van der Waals surface area contributed by atoms with E-state index in [4.69, 9.17) is 0 Å². The monoisotopic (exact) mass is 482 g/mol. The molecule has 0 aliphatic heterocycles. The van der Waals surface area contributed by atoms with E-state index in [0.717, 1.165) is 38.5 Å². The van der Waals surface area contributed by atoms with Crippen molar-refractivity contribution >= 4 is 22.7 Å². The van der Waals surface area contributed by atoms with Gasteiger partial charge in [-0.3, -0.25) is 23.5 Å². The zero-order valence-electron chi connectivity index (χ0n) is 20.6. The van der Waals surface area contributed by atoms with Crippen molar-refractivity contribution in [2.75, 3.05) is 0 Å². The second-order valence-electron chi connectivity index (χ2n) is 10.1. The molecule has 2 fully saturated rings. The highest BCUT2D eigenvalue weighted by atomic mass is 16.2. The maximum atomic E-state index is 13.3. The number of unbranched alkanes of at least 4 members (excludes halogenated alkanes) is 1. The van der Waals surface area contributed by atoms with Gasteiger partial charge in [-0.15, -0.1) is 0 Å². The second-order valence-corrected chi connectivity index (χ2v) is 10.1. The summed E-state index contributed by atoms with van der Waals surface area (Å²) >= 11 is 0. The Morgan fingerprint density at radius 2 is 1.37 bits per heavy atom. The molecule has 0 saturated heterocycles. The van der Waals surface area contributed by atoms with Crippen molar-refractivity contribution in [3.8, 4) is 0 Å². The lowest BCUT2D eigenvalue weighted by Gasteiger charge is -2.23. The van der Waals surface area contributed by atoms with Crippen molar-refractivity contribution in [2.45, 2.75) is 109 Å². The maximum absolute atomic E-state index is 13.3. The minimum atomic E-state index is -0.473. The Kier molecular flexibility index (Phi) is 8.77. The zero-order valence-corrected chi connectivity index (χ0v) is 20.6. The molecule has 8 heteroatoms. The van der Waals surface area contributed by atoms with Crippen LogP contribution in [0.25, 0.3) is 10.9 Å². The number of nitrogens with one attached hydrogen (secondary N) is 2. The van der Waals surface area contributed by atoms with Gasteiger partial charge in [0.25, 0.3) is 5.56 Å². The lowest BCUT2D eigenvalue weighted by molar-refractivity contribution is -0.123. The molecule has 4 rings (SSSR count). The van der Waals surface area contributed by atoms with Gasteiger partial charge in [0.1, 0.15) is 6.54 Å². The first-order valence-electron chi connectivity index (χ1n) is 13.3. The van der Waals surface area contributed by atoms with Crippen molar-refractivity contribution in [3.05, 3.63) is 45.1 Å². The number of fused-ring (bicyclic) bond motifs is 1. The zero-order chi connectivity index (χ0) is 24.6. The highest BCUT2D eigenvalue weighted by molar-refractivity contribution is 5.81. The fraction of sp³-hybridized carbons (Fsp3) is 0.630. The van der Waals surface area contributed by atoms with Crippen LogP contribution in [0.5, 0.6) is 0 Å². The smallest absolute Gasteiger partial charge is 0.331 e. The van der Waals surface area contributed by atoms with Gasteiger partial charge in [0.05, 0.1) is 10.9 Å². The molecule has 8 nitrogen and oxygen atoms in total. The van der Waals surface area contributed by atoms with Crippen molar-refractivity contribution in [2.24, 2.45) is 0 Å². The first-order valence-corrected chi connectivity index (χ1v) is 13.3. The number of rotatable bonds is 9. The van der Waals surface area contributed by atoms with Gasteiger partial charge >= 0.3 is 5.69 Å². The summed E-state index contributed by atoms with van der Waals surface area (Å²) in [6.45, 7) is 0.114.